The molecule has 2 saturated heterocycles. The lowest BCUT2D eigenvalue weighted by molar-refractivity contribution is -0.150. The number of nitrogens with zero attached hydrogens (tertiary/aromatic N) is 2. The average Bonchev–Trinajstić information content (AvgIpc) is 3.24. The molecule has 2 aliphatic heterocycles. The van der Waals surface area contributed by atoms with Crippen molar-refractivity contribution in [2.45, 2.75) is 37.8 Å². The van der Waals surface area contributed by atoms with Gasteiger partial charge in [0.1, 0.15) is 12.6 Å². The van der Waals surface area contributed by atoms with Crippen LogP contribution in [0.5, 0.6) is 0 Å². The number of rotatable bonds is 7. The van der Waals surface area contributed by atoms with E-state index >= 15 is 0 Å². The van der Waals surface area contributed by atoms with E-state index in [4.69, 9.17) is 21.0 Å². The van der Waals surface area contributed by atoms with Crippen molar-refractivity contribution in [1.82, 2.24) is 10.2 Å². The number of ether oxygens (including phenoxy) is 1. The minimum absolute atomic E-state index is 0.0413. The van der Waals surface area contributed by atoms with Gasteiger partial charge >= 0.3 is 0 Å². The quantitative estimate of drug-likeness (QED) is 0.332. The number of carbonyl (C=O) groups is 2. The number of amides is 2. The van der Waals surface area contributed by atoms with E-state index < -0.39 is 5.54 Å². The minimum atomic E-state index is -0.888. The van der Waals surface area contributed by atoms with Crippen LogP contribution in [0.15, 0.2) is 29.4 Å². The molecule has 0 saturated carbocycles. The molecular formula is C21H31N5O4. The van der Waals surface area contributed by atoms with Gasteiger partial charge in [-0.1, -0.05) is 29.4 Å². The van der Waals surface area contributed by atoms with Gasteiger partial charge < -0.3 is 31.3 Å². The third-order valence-electron chi connectivity index (χ3n) is 6.11. The highest BCUT2D eigenvalue weighted by Gasteiger charge is 2.54. The van der Waals surface area contributed by atoms with Gasteiger partial charge in [0.25, 0.3) is 0 Å². The molecule has 3 rings (SSSR count). The SMILES string of the molecule is CON=C(N)c1ccccc1CNC(=O)[C@]1(C2CCOCC2)CCCN1C(=O)CN. The molecule has 2 heterocycles. The Morgan fingerprint density at radius 3 is 2.77 bits per heavy atom. The molecule has 0 bridgehead atoms. The van der Waals surface area contributed by atoms with Gasteiger partial charge in [-0.3, -0.25) is 9.59 Å². The second-order valence-electron chi connectivity index (χ2n) is 7.66. The largest absolute Gasteiger partial charge is 0.397 e. The summed E-state index contributed by atoms with van der Waals surface area (Å²) in [6.45, 7) is 1.90. The van der Waals surface area contributed by atoms with Gasteiger partial charge in [-0.25, -0.2) is 0 Å². The zero-order valence-corrected chi connectivity index (χ0v) is 17.4. The monoisotopic (exact) mass is 417 g/mol. The summed E-state index contributed by atoms with van der Waals surface area (Å²) in [7, 11) is 1.43. The van der Waals surface area contributed by atoms with Crippen LogP contribution in [-0.2, 0) is 25.7 Å². The third-order valence-corrected chi connectivity index (χ3v) is 6.11. The molecule has 0 spiro atoms. The summed E-state index contributed by atoms with van der Waals surface area (Å²) in [6, 6.07) is 7.43. The molecule has 30 heavy (non-hydrogen) atoms. The lowest BCUT2D eigenvalue weighted by Crippen LogP contribution is -2.63. The maximum atomic E-state index is 13.6. The van der Waals surface area contributed by atoms with Crippen LogP contribution in [0.3, 0.4) is 0 Å². The van der Waals surface area contributed by atoms with Crippen molar-refractivity contribution in [2.24, 2.45) is 22.5 Å². The van der Waals surface area contributed by atoms with Crippen molar-refractivity contribution < 1.29 is 19.2 Å². The van der Waals surface area contributed by atoms with E-state index in [0.717, 1.165) is 24.8 Å². The molecule has 0 aliphatic carbocycles. The summed E-state index contributed by atoms with van der Waals surface area (Å²) in [4.78, 5) is 32.7. The van der Waals surface area contributed by atoms with E-state index in [1.54, 1.807) is 4.90 Å². The van der Waals surface area contributed by atoms with Gasteiger partial charge in [0.15, 0.2) is 5.84 Å². The van der Waals surface area contributed by atoms with E-state index in [9.17, 15) is 9.59 Å². The Hall–Kier alpha value is -2.65. The molecule has 2 amide bonds. The zero-order chi connectivity index (χ0) is 21.6. The second kappa shape index (κ2) is 9.90. The first-order valence-corrected chi connectivity index (χ1v) is 10.4. The van der Waals surface area contributed by atoms with Crippen LogP contribution in [0.4, 0.5) is 0 Å². The van der Waals surface area contributed by atoms with Gasteiger partial charge in [0.2, 0.25) is 11.8 Å². The molecule has 9 nitrogen and oxygen atoms in total. The number of nitrogens with two attached hydrogens (primary N) is 2. The number of hydrogen-bond acceptors (Lipinski definition) is 6. The summed E-state index contributed by atoms with van der Waals surface area (Å²) < 4.78 is 5.50. The molecule has 0 unspecified atom stereocenters. The Morgan fingerprint density at radius 2 is 2.07 bits per heavy atom. The van der Waals surface area contributed by atoms with Crippen LogP contribution in [0.25, 0.3) is 0 Å². The Balaban J connectivity index is 1.85. The van der Waals surface area contributed by atoms with Gasteiger partial charge in [0, 0.05) is 31.9 Å². The van der Waals surface area contributed by atoms with Crippen LogP contribution >= 0.6 is 0 Å². The summed E-state index contributed by atoms with van der Waals surface area (Å²) in [5, 5.41) is 6.85. The van der Waals surface area contributed by atoms with E-state index in [1.807, 2.05) is 24.3 Å². The molecule has 2 fully saturated rings. The summed E-state index contributed by atoms with van der Waals surface area (Å²) in [5.41, 5.74) is 12.3. The van der Waals surface area contributed by atoms with Crippen LogP contribution < -0.4 is 16.8 Å². The van der Waals surface area contributed by atoms with Crippen molar-refractivity contribution in [3.8, 4) is 0 Å². The van der Waals surface area contributed by atoms with E-state index in [2.05, 4.69) is 10.5 Å². The topological polar surface area (TPSA) is 132 Å². The van der Waals surface area contributed by atoms with Crippen LogP contribution in [0, 0.1) is 5.92 Å². The highest BCUT2D eigenvalue weighted by molar-refractivity contribution is 5.98. The first kappa shape index (κ1) is 22.0. The molecule has 5 N–H and O–H groups in total. The molecular weight excluding hydrogens is 386 g/mol. The second-order valence-corrected chi connectivity index (χ2v) is 7.66. The highest BCUT2D eigenvalue weighted by atomic mass is 16.6. The predicted molar refractivity (Wildman–Crippen MR) is 112 cm³/mol. The smallest absolute Gasteiger partial charge is 0.246 e. The maximum Gasteiger partial charge on any atom is 0.246 e. The number of carbonyl (C=O) groups excluding carboxylic acids is 2. The van der Waals surface area contributed by atoms with Crippen molar-refractivity contribution in [3.05, 3.63) is 35.4 Å². The van der Waals surface area contributed by atoms with Gasteiger partial charge in [-0.15, -0.1) is 0 Å². The fourth-order valence-corrected chi connectivity index (χ4v) is 4.72. The number of benzene rings is 1. The zero-order valence-electron chi connectivity index (χ0n) is 17.4. The van der Waals surface area contributed by atoms with Crippen molar-refractivity contribution in [3.63, 3.8) is 0 Å². The third kappa shape index (κ3) is 4.27. The van der Waals surface area contributed by atoms with Gasteiger partial charge in [-0.05, 0) is 37.2 Å². The van der Waals surface area contributed by atoms with Crippen LogP contribution in [0.1, 0.15) is 36.8 Å². The Kier molecular flexibility index (Phi) is 7.28. The lowest BCUT2D eigenvalue weighted by atomic mass is 9.76. The van der Waals surface area contributed by atoms with Crippen LogP contribution in [-0.4, -0.2) is 61.5 Å². The molecule has 1 aromatic rings. The molecule has 0 aromatic heterocycles. The summed E-state index contributed by atoms with van der Waals surface area (Å²) >= 11 is 0. The Labute approximate surface area is 176 Å². The number of hydrogen-bond donors (Lipinski definition) is 3. The molecule has 1 atom stereocenters. The predicted octanol–water partition coefficient (Wildman–Crippen LogP) is 0.316. The molecule has 1 aromatic carbocycles. The maximum absolute atomic E-state index is 13.6. The first-order chi connectivity index (χ1) is 14.5. The summed E-state index contributed by atoms with van der Waals surface area (Å²) in [6.07, 6.45) is 2.89. The van der Waals surface area contributed by atoms with Crippen molar-refractivity contribution in [2.75, 3.05) is 33.4 Å². The lowest BCUT2D eigenvalue weighted by Gasteiger charge is -2.44. The minimum Gasteiger partial charge on any atom is -0.397 e. The van der Waals surface area contributed by atoms with E-state index in [-0.39, 0.29) is 36.7 Å². The first-order valence-electron chi connectivity index (χ1n) is 10.4. The van der Waals surface area contributed by atoms with E-state index in [0.29, 0.717) is 31.7 Å². The number of oxime groups is 1. The Morgan fingerprint density at radius 1 is 1.33 bits per heavy atom. The van der Waals surface area contributed by atoms with E-state index in [1.165, 1.54) is 7.11 Å². The standard InChI is InChI=1S/C21H31N5O4/c1-29-25-19(23)17-6-3-2-5-15(17)14-24-20(28)21(16-7-11-30-12-8-16)9-4-10-26(21)18(27)13-22/h2-3,5-6,16H,4,7-14,22H2,1H3,(H2,23,25)(H,24,28)/t21-/m1/s1. The fraction of sp³-hybridized carbons (Fsp3) is 0.571. The van der Waals surface area contributed by atoms with Crippen molar-refractivity contribution >= 4 is 17.6 Å². The highest BCUT2D eigenvalue weighted by Crippen LogP contribution is 2.41. The van der Waals surface area contributed by atoms with Crippen LogP contribution in [0.2, 0.25) is 0 Å². The average molecular weight is 418 g/mol. The molecule has 0 radical (unpaired) electrons. The molecule has 164 valence electrons. The van der Waals surface area contributed by atoms with Gasteiger partial charge in [0.05, 0.1) is 6.54 Å². The fourth-order valence-electron chi connectivity index (χ4n) is 4.72. The normalized spacial score (nSPS) is 22.7. The number of amidine groups is 1. The number of likely N-dealkylation sites (tertiary alicyclic amines) is 1. The summed E-state index contributed by atoms with van der Waals surface area (Å²) in [5.74, 6) is -0.0568. The Bertz CT molecular complexity index is 793. The molecule has 2 aliphatic rings. The molecule has 9 heteroatoms. The number of nitrogens with one attached hydrogen (secondary N) is 1. The van der Waals surface area contributed by atoms with Crippen molar-refractivity contribution in [1.29, 1.82) is 0 Å². The van der Waals surface area contributed by atoms with Gasteiger partial charge in [-0.2, -0.15) is 0 Å².